The third-order valence-corrected chi connectivity index (χ3v) is 7.82. The first-order valence-electron chi connectivity index (χ1n) is 11.4. The van der Waals surface area contributed by atoms with Gasteiger partial charge in [0.2, 0.25) is 11.8 Å². The molecule has 2 aliphatic heterocycles. The van der Waals surface area contributed by atoms with Gasteiger partial charge in [0.25, 0.3) is 0 Å². The molecule has 2 aromatic rings. The minimum absolute atomic E-state index is 0.0237. The SMILES string of the molecule is CSCC[C@H]1C(=O)N(CCc2cccs2)C[C@H]2N1C(=O)CN(C)N2C(=O)NCc1ccccc1. The molecule has 3 heterocycles. The Bertz CT molecular complexity index is 988. The third-order valence-electron chi connectivity index (χ3n) is 6.24. The van der Waals surface area contributed by atoms with Gasteiger partial charge in [-0.15, -0.1) is 11.3 Å². The van der Waals surface area contributed by atoms with Crippen LogP contribution in [-0.4, -0.2) is 88.6 Å². The molecule has 2 fully saturated rings. The first-order valence-corrected chi connectivity index (χ1v) is 13.7. The lowest BCUT2D eigenvalue weighted by Gasteiger charge is -2.54. The summed E-state index contributed by atoms with van der Waals surface area (Å²) >= 11 is 3.33. The molecule has 34 heavy (non-hydrogen) atoms. The van der Waals surface area contributed by atoms with Crippen molar-refractivity contribution in [3.05, 3.63) is 58.3 Å². The average molecular weight is 502 g/mol. The molecule has 1 aromatic carbocycles. The number of nitrogens with one attached hydrogen (secondary N) is 1. The largest absolute Gasteiger partial charge is 0.337 e. The molecule has 1 aromatic heterocycles. The number of thiophene rings is 1. The number of hydrogen-bond donors (Lipinski definition) is 1. The molecule has 0 unspecified atom stereocenters. The van der Waals surface area contributed by atoms with E-state index < -0.39 is 12.2 Å². The third kappa shape index (κ3) is 5.39. The van der Waals surface area contributed by atoms with Gasteiger partial charge in [-0.2, -0.15) is 11.8 Å². The molecule has 2 saturated heterocycles. The van der Waals surface area contributed by atoms with Gasteiger partial charge in [0.05, 0.1) is 13.1 Å². The monoisotopic (exact) mass is 501 g/mol. The summed E-state index contributed by atoms with van der Waals surface area (Å²) in [4.78, 5) is 44.6. The summed E-state index contributed by atoms with van der Waals surface area (Å²) in [6.45, 7) is 1.32. The van der Waals surface area contributed by atoms with Gasteiger partial charge in [0.1, 0.15) is 12.2 Å². The number of rotatable bonds is 8. The van der Waals surface area contributed by atoms with Crippen LogP contribution in [0.25, 0.3) is 0 Å². The molecule has 182 valence electrons. The Balaban J connectivity index is 1.55. The molecule has 0 radical (unpaired) electrons. The molecule has 2 aliphatic rings. The quantitative estimate of drug-likeness (QED) is 0.602. The number of piperazine rings is 1. The van der Waals surface area contributed by atoms with Gasteiger partial charge in [0.15, 0.2) is 0 Å². The van der Waals surface area contributed by atoms with Crippen LogP contribution >= 0.6 is 23.1 Å². The Morgan fingerprint density at radius 2 is 1.97 bits per heavy atom. The first-order chi connectivity index (χ1) is 16.5. The standard InChI is InChI=1S/C24H31N5O3S2/c1-26-17-22(30)28-20(11-14-33-2)23(31)27(12-10-19-9-6-13-34-19)16-21(28)29(26)24(32)25-15-18-7-4-3-5-8-18/h3-9,13,20-21H,10-12,14-17H2,1-2H3,(H,25,32)/t20-,21-/m0/s1. The lowest BCUT2D eigenvalue weighted by Crippen LogP contribution is -2.76. The number of hydrazine groups is 1. The van der Waals surface area contributed by atoms with Crippen molar-refractivity contribution in [2.45, 2.75) is 31.6 Å². The van der Waals surface area contributed by atoms with Crippen LogP contribution in [-0.2, 0) is 22.6 Å². The number of urea groups is 1. The predicted octanol–water partition coefficient (Wildman–Crippen LogP) is 2.48. The van der Waals surface area contributed by atoms with E-state index in [0.717, 1.165) is 17.7 Å². The van der Waals surface area contributed by atoms with Crippen molar-refractivity contribution in [2.24, 2.45) is 0 Å². The highest BCUT2D eigenvalue weighted by Crippen LogP contribution is 2.28. The molecule has 0 spiro atoms. The fraction of sp³-hybridized carbons (Fsp3) is 0.458. The summed E-state index contributed by atoms with van der Waals surface area (Å²) in [6, 6.07) is 13.0. The maximum absolute atomic E-state index is 13.5. The van der Waals surface area contributed by atoms with Crippen LogP contribution in [0.1, 0.15) is 16.9 Å². The zero-order valence-corrected chi connectivity index (χ0v) is 21.2. The number of carbonyl (C=O) groups is 3. The fourth-order valence-electron chi connectivity index (χ4n) is 4.57. The van der Waals surface area contributed by atoms with Crippen LogP contribution in [0.5, 0.6) is 0 Å². The number of thioether (sulfide) groups is 1. The Morgan fingerprint density at radius 1 is 1.18 bits per heavy atom. The molecule has 4 rings (SSSR count). The maximum atomic E-state index is 13.5. The first kappa shape index (κ1) is 24.6. The van der Waals surface area contributed by atoms with Crippen molar-refractivity contribution >= 4 is 40.9 Å². The van der Waals surface area contributed by atoms with Crippen molar-refractivity contribution in [3.63, 3.8) is 0 Å². The van der Waals surface area contributed by atoms with E-state index in [9.17, 15) is 14.4 Å². The molecule has 2 atom stereocenters. The molecular weight excluding hydrogens is 470 g/mol. The van der Waals surface area contributed by atoms with Crippen LogP contribution in [0, 0.1) is 0 Å². The Kier molecular flexibility index (Phi) is 8.12. The molecule has 0 saturated carbocycles. The lowest BCUT2D eigenvalue weighted by atomic mass is 10.0. The Labute approximate surface area is 208 Å². The smallest absolute Gasteiger partial charge is 0.334 e. The maximum Gasteiger partial charge on any atom is 0.334 e. The van der Waals surface area contributed by atoms with E-state index in [1.54, 1.807) is 45.1 Å². The van der Waals surface area contributed by atoms with E-state index in [2.05, 4.69) is 11.4 Å². The lowest BCUT2D eigenvalue weighted by molar-refractivity contribution is -0.187. The molecular formula is C24H31N5O3S2. The van der Waals surface area contributed by atoms with Crippen molar-refractivity contribution < 1.29 is 14.4 Å². The summed E-state index contributed by atoms with van der Waals surface area (Å²) in [5, 5.41) is 8.30. The van der Waals surface area contributed by atoms with Crippen LogP contribution < -0.4 is 5.32 Å². The van der Waals surface area contributed by atoms with E-state index in [1.165, 1.54) is 4.88 Å². The number of nitrogens with zero attached hydrogens (tertiary/aromatic N) is 4. The summed E-state index contributed by atoms with van der Waals surface area (Å²) in [5.74, 6) is 0.628. The van der Waals surface area contributed by atoms with E-state index in [-0.39, 0.29) is 24.4 Å². The number of carbonyl (C=O) groups excluding carboxylic acids is 3. The molecule has 1 N–H and O–H groups in total. The Hall–Kier alpha value is -2.56. The second kappa shape index (κ2) is 11.2. The summed E-state index contributed by atoms with van der Waals surface area (Å²) in [5.41, 5.74) is 0.998. The fourth-order valence-corrected chi connectivity index (χ4v) is 5.72. The van der Waals surface area contributed by atoms with E-state index in [4.69, 9.17) is 0 Å². The van der Waals surface area contributed by atoms with Crippen LogP contribution in [0.15, 0.2) is 47.8 Å². The van der Waals surface area contributed by atoms with Gasteiger partial charge in [-0.25, -0.2) is 14.8 Å². The van der Waals surface area contributed by atoms with Crippen LogP contribution in [0.3, 0.4) is 0 Å². The highest BCUT2D eigenvalue weighted by Gasteiger charge is 2.50. The number of benzene rings is 1. The van der Waals surface area contributed by atoms with Crippen LogP contribution in [0.2, 0.25) is 0 Å². The predicted molar refractivity (Wildman–Crippen MR) is 135 cm³/mol. The van der Waals surface area contributed by atoms with Crippen molar-refractivity contribution in [1.82, 2.24) is 25.1 Å². The number of amides is 4. The van der Waals surface area contributed by atoms with E-state index in [0.29, 0.717) is 26.1 Å². The van der Waals surface area contributed by atoms with Gasteiger partial charge in [-0.3, -0.25) is 9.59 Å². The Morgan fingerprint density at radius 3 is 2.68 bits per heavy atom. The highest BCUT2D eigenvalue weighted by molar-refractivity contribution is 7.98. The molecule has 0 bridgehead atoms. The minimum Gasteiger partial charge on any atom is -0.337 e. The summed E-state index contributed by atoms with van der Waals surface area (Å²) in [7, 11) is 1.75. The number of fused-ring (bicyclic) bond motifs is 1. The topological polar surface area (TPSA) is 76.2 Å². The van der Waals surface area contributed by atoms with Gasteiger partial charge in [0, 0.05) is 25.0 Å². The van der Waals surface area contributed by atoms with Crippen LogP contribution in [0.4, 0.5) is 4.79 Å². The molecule has 0 aliphatic carbocycles. The van der Waals surface area contributed by atoms with Crippen molar-refractivity contribution in [3.8, 4) is 0 Å². The van der Waals surface area contributed by atoms with Gasteiger partial charge in [-0.05, 0) is 41.9 Å². The zero-order valence-electron chi connectivity index (χ0n) is 19.6. The highest BCUT2D eigenvalue weighted by atomic mass is 32.2. The van der Waals surface area contributed by atoms with E-state index in [1.807, 2.05) is 52.9 Å². The van der Waals surface area contributed by atoms with Gasteiger partial charge >= 0.3 is 6.03 Å². The molecule has 10 heteroatoms. The second-order valence-electron chi connectivity index (χ2n) is 8.50. The molecule has 8 nitrogen and oxygen atoms in total. The van der Waals surface area contributed by atoms with Crippen molar-refractivity contribution in [2.75, 3.05) is 38.7 Å². The summed E-state index contributed by atoms with van der Waals surface area (Å²) < 4.78 is 0. The normalized spacial score (nSPS) is 21.1. The zero-order chi connectivity index (χ0) is 24.1. The molecule has 4 amide bonds. The summed E-state index contributed by atoms with van der Waals surface area (Å²) in [6.07, 6.45) is 2.79. The average Bonchev–Trinajstić information content (AvgIpc) is 3.35. The van der Waals surface area contributed by atoms with E-state index >= 15 is 0 Å². The minimum atomic E-state index is -0.555. The van der Waals surface area contributed by atoms with Gasteiger partial charge in [-0.1, -0.05) is 36.4 Å². The van der Waals surface area contributed by atoms with Gasteiger partial charge < -0.3 is 15.1 Å². The number of hydrogen-bond acceptors (Lipinski definition) is 6. The number of likely N-dealkylation sites (N-methyl/N-ethyl adjacent to an activating group) is 1. The van der Waals surface area contributed by atoms with Crippen molar-refractivity contribution in [1.29, 1.82) is 0 Å². The second-order valence-corrected chi connectivity index (χ2v) is 10.5.